The van der Waals surface area contributed by atoms with Gasteiger partial charge >= 0.3 is 17.9 Å². The average molecular weight is 235 g/mol. The Hall–Kier alpha value is -1.96. The number of carboxylic acids is 3. The van der Waals surface area contributed by atoms with Gasteiger partial charge in [0.2, 0.25) is 0 Å². The Labute approximate surface area is 90.7 Å². The Balaban J connectivity index is 0. The van der Waals surface area contributed by atoms with Gasteiger partial charge in [0.1, 0.15) is 18.2 Å². The second-order valence-corrected chi connectivity index (χ2v) is 2.82. The molecule has 0 heterocycles. The first-order valence-electron chi connectivity index (χ1n) is 4.08. The van der Waals surface area contributed by atoms with Crippen LogP contribution in [0.3, 0.4) is 0 Å². The van der Waals surface area contributed by atoms with Gasteiger partial charge < -0.3 is 21.1 Å². The van der Waals surface area contributed by atoms with Crippen LogP contribution in [-0.2, 0) is 19.2 Å². The van der Waals surface area contributed by atoms with E-state index < -0.39 is 30.4 Å². The van der Waals surface area contributed by atoms with Gasteiger partial charge in [0.25, 0.3) is 0 Å². The average Bonchev–Trinajstić information content (AvgIpc) is 2.00. The van der Waals surface area contributed by atoms with Gasteiger partial charge in [-0.3, -0.25) is 19.2 Å². The normalized spacial score (nSPS) is 10.6. The second-order valence-electron chi connectivity index (χ2n) is 2.82. The molecule has 5 N–H and O–H groups in total. The van der Waals surface area contributed by atoms with Crippen LogP contribution in [0.5, 0.6) is 0 Å². The molecule has 8 nitrogen and oxygen atoms in total. The Morgan fingerprint density at radius 1 is 1.06 bits per heavy atom. The summed E-state index contributed by atoms with van der Waals surface area (Å²) in [6.07, 6.45) is -0.894. The highest BCUT2D eigenvalue weighted by Gasteiger charge is 2.14. The number of hydrogen-bond donors (Lipinski definition) is 4. The molecule has 0 aliphatic carbocycles. The van der Waals surface area contributed by atoms with E-state index in [2.05, 4.69) is 0 Å². The summed E-state index contributed by atoms with van der Waals surface area (Å²) < 4.78 is 0. The first-order chi connectivity index (χ1) is 7.16. The van der Waals surface area contributed by atoms with Crippen LogP contribution >= 0.6 is 0 Å². The van der Waals surface area contributed by atoms with E-state index in [1.54, 1.807) is 0 Å². The highest BCUT2D eigenvalue weighted by atomic mass is 16.4. The van der Waals surface area contributed by atoms with Crippen LogP contribution in [0.1, 0.15) is 19.8 Å². The zero-order valence-corrected chi connectivity index (χ0v) is 8.54. The Bertz CT molecular complexity index is 274. The summed E-state index contributed by atoms with van der Waals surface area (Å²) >= 11 is 0. The van der Waals surface area contributed by atoms with E-state index in [9.17, 15) is 19.2 Å². The molecule has 0 radical (unpaired) electrons. The number of Topliss-reactive ketones (excluding diaryl/α,β-unsaturated/α-hetero) is 1. The lowest BCUT2D eigenvalue weighted by molar-refractivity contribution is -0.144. The molecule has 0 rings (SSSR count). The molecule has 8 heteroatoms. The topological polar surface area (TPSA) is 155 Å². The summed E-state index contributed by atoms with van der Waals surface area (Å²) in [7, 11) is 0. The summed E-state index contributed by atoms with van der Waals surface area (Å²) in [5.41, 5.74) is 4.84. The van der Waals surface area contributed by atoms with Crippen LogP contribution in [0.15, 0.2) is 0 Å². The van der Waals surface area contributed by atoms with E-state index in [-0.39, 0.29) is 12.2 Å². The van der Waals surface area contributed by atoms with Gasteiger partial charge in [-0.25, -0.2) is 0 Å². The molecule has 16 heavy (non-hydrogen) atoms. The van der Waals surface area contributed by atoms with Crippen LogP contribution in [0, 0.1) is 0 Å². The summed E-state index contributed by atoms with van der Waals surface area (Å²) in [6.45, 7) is 1.24. The monoisotopic (exact) mass is 235 g/mol. The van der Waals surface area contributed by atoms with Crippen molar-refractivity contribution in [2.45, 2.75) is 25.8 Å². The summed E-state index contributed by atoms with van der Waals surface area (Å²) in [6, 6.07) is -1.29. The van der Waals surface area contributed by atoms with E-state index in [1.807, 2.05) is 0 Å². The SMILES string of the molecule is CC(=O)CC(=O)O.NC(CC(=O)O)C(=O)O. The first-order valence-corrected chi connectivity index (χ1v) is 4.08. The van der Waals surface area contributed by atoms with Crippen LogP contribution in [0.25, 0.3) is 0 Å². The lowest BCUT2D eigenvalue weighted by Crippen LogP contribution is -2.32. The van der Waals surface area contributed by atoms with Gasteiger partial charge in [0.05, 0.1) is 6.42 Å². The lowest BCUT2D eigenvalue weighted by Gasteiger charge is -1.99. The molecule has 0 aliphatic rings. The minimum absolute atomic E-state index is 0.312. The fourth-order valence-corrected chi connectivity index (χ4v) is 0.488. The predicted molar refractivity (Wildman–Crippen MR) is 50.8 cm³/mol. The zero-order valence-electron chi connectivity index (χ0n) is 8.54. The molecule has 0 aromatic heterocycles. The van der Waals surface area contributed by atoms with Crippen LogP contribution in [-0.4, -0.2) is 45.1 Å². The van der Waals surface area contributed by atoms with Crippen molar-refractivity contribution in [3.8, 4) is 0 Å². The molecule has 0 aromatic rings. The Morgan fingerprint density at radius 3 is 1.56 bits per heavy atom. The molecular formula is C8H13NO7. The molecule has 0 spiro atoms. The molecule has 0 fully saturated rings. The Morgan fingerprint density at radius 2 is 1.50 bits per heavy atom. The van der Waals surface area contributed by atoms with Crippen molar-refractivity contribution in [1.29, 1.82) is 0 Å². The molecule has 1 atom stereocenters. The van der Waals surface area contributed by atoms with Crippen LogP contribution < -0.4 is 5.73 Å². The van der Waals surface area contributed by atoms with E-state index in [0.717, 1.165) is 0 Å². The molecule has 0 amide bonds. The van der Waals surface area contributed by atoms with Gasteiger partial charge in [0.15, 0.2) is 0 Å². The summed E-state index contributed by atoms with van der Waals surface area (Å²) in [5, 5.41) is 23.9. The van der Waals surface area contributed by atoms with Gasteiger partial charge in [-0.2, -0.15) is 0 Å². The van der Waals surface area contributed by atoms with Crippen molar-refractivity contribution in [3.05, 3.63) is 0 Å². The van der Waals surface area contributed by atoms with Crippen molar-refractivity contribution in [2.75, 3.05) is 0 Å². The molecule has 0 bridgehead atoms. The number of carbonyl (C=O) groups is 4. The predicted octanol–water partition coefficient (Wildman–Crippen LogP) is -1.08. The number of rotatable bonds is 5. The standard InChI is InChI=1S/C4H7NO4.C4H6O3/c5-2(4(8)9)1-3(6)7;1-3(5)2-4(6)7/h2H,1,5H2,(H,6,7)(H,8,9);2H2,1H3,(H,6,7). The molecular weight excluding hydrogens is 222 g/mol. The minimum atomic E-state index is -1.29. The van der Waals surface area contributed by atoms with E-state index in [1.165, 1.54) is 6.92 Å². The molecule has 0 aromatic carbocycles. The number of carboxylic acid groups (broad SMARTS) is 3. The van der Waals surface area contributed by atoms with E-state index in [4.69, 9.17) is 21.1 Å². The maximum Gasteiger partial charge on any atom is 0.321 e. The fourth-order valence-electron chi connectivity index (χ4n) is 0.488. The fraction of sp³-hybridized carbons (Fsp3) is 0.500. The summed E-state index contributed by atoms with van der Waals surface area (Å²) in [4.78, 5) is 39.1. The van der Waals surface area contributed by atoms with E-state index >= 15 is 0 Å². The maximum absolute atomic E-state index is 9.87. The number of carbonyl (C=O) groups excluding carboxylic acids is 1. The van der Waals surface area contributed by atoms with Crippen molar-refractivity contribution in [2.24, 2.45) is 5.73 Å². The zero-order chi connectivity index (χ0) is 13.3. The van der Waals surface area contributed by atoms with Gasteiger partial charge in [0, 0.05) is 0 Å². The molecule has 0 saturated carbocycles. The van der Waals surface area contributed by atoms with Crippen LogP contribution in [0.2, 0.25) is 0 Å². The first kappa shape index (κ1) is 16.5. The quantitative estimate of drug-likeness (QED) is 0.438. The molecule has 0 aliphatic heterocycles. The molecule has 1 unspecified atom stereocenters. The van der Waals surface area contributed by atoms with Gasteiger partial charge in [-0.1, -0.05) is 0 Å². The van der Waals surface area contributed by atoms with Crippen molar-refractivity contribution in [1.82, 2.24) is 0 Å². The van der Waals surface area contributed by atoms with Gasteiger partial charge in [-0.15, -0.1) is 0 Å². The Kier molecular flexibility index (Phi) is 8.60. The highest BCUT2D eigenvalue weighted by Crippen LogP contribution is 1.86. The number of hydrogen-bond acceptors (Lipinski definition) is 5. The second kappa shape index (κ2) is 8.36. The highest BCUT2D eigenvalue weighted by molar-refractivity contribution is 5.93. The van der Waals surface area contributed by atoms with Crippen molar-refractivity contribution < 1.29 is 34.5 Å². The van der Waals surface area contributed by atoms with Gasteiger partial charge in [-0.05, 0) is 6.92 Å². The largest absolute Gasteiger partial charge is 0.481 e. The smallest absolute Gasteiger partial charge is 0.321 e. The lowest BCUT2D eigenvalue weighted by atomic mass is 10.2. The van der Waals surface area contributed by atoms with Crippen molar-refractivity contribution >= 4 is 23.7 Å². The minimum Gasteiger partial charge on any atom is -0.481 e. The number of ketones is 1. The third-order valence-corrected chi connectivity index (χ3v) is 1.11. The molecule has 92 valence electrons. The van der Waals surface area contributed by atoms with Crippen LogP contribution in [0.4, 0.5) is 0 Å². The molecule has 0 saturated heterocycles. The third-order valence-electron chi connectivity index (χ3n) is 1.11. The number of aliphatic carboxylic acids is 3. The third kappa shape index (κ3) is 14.6. The summed E-state index contributed by atoms with van der Waals surface area (Å²) in [5.74, 6) is -3.87. The van der Waals surface area contributed by atoms with E-state index in [0.29, 0.717) is 0 Å². The maximum atomic E-state index is 9.87. The number of nitrogens with two attached hydrogens (primary N) is 1. The van der Waals surface area contributed by atoms with Crippen molar-refractivity contribution in [3.63, 3.8) is 0 Å².